The van der Waals surface area contributed by atoms with Crippen molar-refractivity contribution in [2.45, 2.75) is 26.4 Å². The molecule has 24 heavy (non-hydrogen) atoms. The number of hydrogen-bond acceptors (Lipinski definition) is 4. The number of rotatable bonds is 5. The number of benzene rings is 1. The highest BCUT2D eigenvalue weighted by Gasteiger charge is 2.27. The number of aryl methyl sites for hydroxylation is 1. The van der Waals surface area contributed by atoms with Crippen molar-refractivity contribution in [3.63, 3.8) is 0 Å². The minimum absolute atomic E-state index is 0.0564. The van der Waals surface area contributed by atoms with E-state index in [2.05, 4.69) is 4.98 Å². The van der Waals surface area contributed by atoms with Gasteiger partial charge in [0.1, 0.15) is 17.2 Å². The summed E-state index contributed by atoms with van der Waals surface area (Å²) in [5.74, 6) is 1.31. The van der Waals surface area contributed by atoms with E-state index in [0.717, 1.165) is 12.2 Å². The van der Waals surface area contributed by atoms with E-state index in [1.54, 1.807) is 23.2 Å². The average Bonchev–Trinajstić information content (AvgIpc) is 3.06. The molecule has 0 bridgehead atoms. The van der Waals surface area contributed by atoms with E-state index in [9.17, 15) is 4.79 Å². The van der Waals surface area contributed by atoms with Crippen LogP contribution in [0.25, 0.3) is 0 Å². The Morgan fingerprint density at radius 2 is 1.96 bits per heavy atom. The molecule has 0 aliphatic carbocycles. The first-order chi connectivity index (χ1) is 11.7. The number of aromatic nitrogens is 1. The van der Waals surface area contributed by atoms with Crippen LogP contribution in [-0.4, -0.2) is 41.6 Å². The Balaban J connectivity index is 1.62. The molecule has 1 saturated heterocycles. The fourth-order valence-electron chi connectivity index (χ4n) is 2.76. The Bertz CT molecular complexity index is 683. The van der Waals surface area contributed by atoms with Gasteiger partial charge in [-0.2, -0.15) is 0 Å². The fraction of sp³-hybridized carbons (Fsp3) is 0.368. The average molecular weight is 326 g/mol. The van der Waals surface area contributed by atoms with Gasteiger partial charge in [0.15, 0.2) is 0 Å². The topological polar surface area (TPSA) is 51.7 Å². The van der Waals surface area contributed by atoms with Gasteiger partial charge in [0.2, 0.25) is 0 Å². The van der Waals surface area contributed by atoms with E-state index in [0.29, 0.717) is 31.1 Å². The third kappa shape index (κ3) is 3.92. The van der Waals surface area contributed by atoms with Crippen LogP contribution in [0.15, 0.2) is 42.6 Å². The molecule has 1 amide bonds. The molecule has 1 fully saturated rings. The first-order valence-corrected chi connectivity index (χ1v) is 8.27. The summed E-state index contributed by atoms with van der Waals surface area (Å²) in [6.07, 6.45) is 2.61. The SMILES string of the molecule is CCO[C@H]1CCN(C(=O)c2ccc(Oc3ccc(C)cc3)cn2)C1. The molecule has 126 valence electrons. The number of ether oxygens (including phenoxy) is 2. The molecular formula is C19H22N2O3. The largest absolute Gasteiger partial charge is 0.456 e. The zero-order chi connectivity index (χ0) is 16.9. The summed E-state index contributed by atoms with van der Waals surface area (Å²) in [6.45, 7) is 6.03. The summed E-state index contributed by atoms with van der Waals surface area (Å²) in [5.41, 5.74) is 1.61. The molecular weight excluding hydrogens is 304 g/mol. The number of likely N-dealkylation sites (tertiary alicyclic amines) is 1. The molecule has 1 aliphatic heterocycles. The molecule has 1 aliphatic rings. The molecule has 0 saturated carbocycles. The van der Waals surface area contributed by atoms with Gasteiger partial charge in [-0.3, -0.25) is 4.79 Å². The molecule has 5 heteroatoms. The smallest absolute Gasteiger partial charge is 0.272 e. The predicted molar refractivity (Wildman–Crippen MR) is 91.4 cm³/mol. The maximum atomic E-state index is 12.5. The molecule has 0 unspecified atom stereocenters. The van der Waals surface area contributed by atoms with E-state index in [1.165, 1.54) is 5.56 Å². The highest BCUT2D eigenvalue weighted by atomic mass is 16.5. The quantitative estimate of drug-likeness (QED) is 0.844. The Morgan fingerprint density at radius 1 is 1.21 bits per heavy atom. The first kappa shape index (κ1) is 16.5. The lowest BCUT2D eigenvalue weighted by Crippen LogP contribution is -2.30. The van der Waals surface area contributed by atoms with Crippen molar-refractivity contribution in [1.82, 2.24) is 9.88 Å². The molecule has 0 spiro atoms. The molecule has 2 heterocycles. The number of amides is 1. The zero-order valence-corrected chi connectivity index (χ0v) is 14.1. The maximum Gasteiger partial charge on any atom is 0.272 e. The molecule has 0 N–H and O–H groups in total. The van der Waals surface area contributed by atoms with Gasteiger partial charge in [0.25, 0.3) is 5.91 Å². The minimum Gasteiger partial charge on any atom is -0.456 e. The van der Waals surface area contributed by atoms with Crippen LogP contribution in [0, 0.1) is 6.92 Å². The van der Waals surface area contributed by atoms with Crippen LogP contribution in [0.2, 0.25) is 0 Å². The second-order valence-corrected chi connectivity index (χ2v) is 5.91. The van der Waals surface area contributed by atoms with Gasteiger partial charge in [0, 0.05) is 19.7 Å². The van der Waals surface area contributed by atoms with Crippen molar-refractivity contribution >= 4 is 5.91 Å². The number of carbonyl (C=O) groups excluding carboxylic acids is 1. The lowest BCUT2D eigenvalue weighted by Gasteiger charge is -2.16. The van der Waals surface area contributed by atoms with Crippen molar-refractivity contribution in [2.24, 2.45) is 0 Å². The monoisotopic (exact) mass is 326 g/mol. The van der Waals surface area contributed by atoms with Gasteiger partial charge in [-0.25, -0.2) is 4.98 Å². The summed E-state index contributed by atoms with van der Waals surface area (Å²) in [6, 6.07) is 11.3. The van der Waals surface area contributed by atoms with Crippen LogP contribution < -0.4 is 4.74 Å². The van der Waals surface area contributed by atoms with Crippen LogP contribution in [0.1, 0.15) is 29.4 Å². The second-order valence-electron chi connectivity index (χ2n) is 5.91. The summed E-state index contributed by atoms with van der Waals surface area (Å²) in [7, 11) is 0. The van der Waals surface area contributed by atoms with E-state index >= 15 is 0 Å². The zero-order valence-electron chi connectivity index (χ0n) is 14.1. The third-order valence-corrected chi connectivity index (χ3v) is 4.05. The highest BCUT2D eigenvalue weighted by molar-refractivity contribution is 5.92. The van der Waals surface area contributed by atoms with Crippen molar-refractivity contribution < 1.29 is 14.3 Å². The normalized spacial score (nSPS) is 17.1. The lowest BCUT2D eigenvalue weighted by molar-refractivity contribution is 0.0595. The van der Waals surface area contributed by atoms with Crippen LogP contribution in [0.4, 0.5) is 0 Å². The minimum atomic E-state index is -0.0564. The summed E-state index contributed by atoms with van der Waals surface area (Å²) < 4.78 is 11.3. The van der Waals surface area contributed by atoms with Crippen molar-refractivity contribution in [1.29, 1.82) is 0 Å². The van der Waals surface area contributed by atoms with E-state index in [1.807, 2.05) is 38.1 Å². The van der Waals surface area contributed by atoms with Crippen molar-refractivity contribution in [3.05, 3.63) is 53.9 Å². The summed E-state index contributed by atoms with van der Waals surface area (Å²) in [4.78, 5) is 18.5. The Labute approximate surface area is 142 Å². The highest BCUT2D eigenvalue weighted by Crippen LogP contribution is 2.22. The Kier molecular flexibility index (Phi) is 5.11. The summed E-state index contributed by atoms with van der Waals surface area (Å²) in [5, 5.41) is 0. The fourth-order valence-corrected chi connectivity index (χ4v) is 2.76. The van der Waals surface area contributed by atoms with Crippen LogP contribution in [0.5, 0.6) is 11.5 Å². The number of pyridine rings is 1. The van der Waals surface area contributed by atoms with Crippen LogP contribution in [0.3, 0.4) is 0 Å². The predicted octanol–water partition coefficient (Wildman–Crippen LogP) is 3.43. The number of hydrogen-bond donors (Lipinski definition) is 0. The van der Waals surface area contributed by atoms with Gasteiger partial charge in [-0.1, -0.05) is 17.7 Å². The second kappa shape index (κ2) is 7.45. The Morgan fingerprint density at radius 3 is 2.62 bits per heavy atom. The number of carbonyl (C=O) groups is 1. The van der Waals surface area contributed by atoms with Gasteiger partial charge >= 0.3 is 0 Å². The number of nitrogens with zero attached hydrogens (tertiary/aromatic N) is 2. The van der Waals surface area contributed by atoms with Gasteiger partial charge in [-0.15, -0.1) is 0 Å². The Hall–Kier alpha value is -2.40. The molecule has 5 nitrogen and oxygen atoms in total. The first-order valence-electron chi connectivity index (χ1n) is 8.27. The van der Waals surface area contributed by atoms with Gasteiger partial charge in [-0.05, 0) is 44.5 Å². The van der Waals surface area contributed by atoms with E-state index in [-0.39, 0.29) is 12.0 Å². The van der Waals surface area contributed by atoms with Crippen LogP contribution in [-0.2, 0) is 4.74 Å². The van der Waals surface area contributed by atoms with Crippen LogP contribution >= 0.6 is 0 Å². The molecule has 3 rings (SSSR count). The molecule has 1 atom stereocenters. The molecule has 1 aromatic carbocycles. The van der Waals surface area contributed by atoms with Crippen molar-refractivity contribution in [2.75, 3.05) is 19.7 Å². The van der Waals surface area contributed by atoms with E-state index in [4.69, 9.17) is 9.47 Å². The molecule has 2 aromatic rings. The van der Waals surface area contributed by atoms with Gasteiger partial charge < -0.3 is 14.4 Å². The standard InChI is InChI=1S/C19H22N2O3/c1-3-23-17-10-11-21(13-17)19(22)18-9-8-16(12-20-18)24-15-6-4-14(2)5-7-15/h4-9,12,17H,3,10-11,13H2,1-2H3/t17-/m0/s1. The molecule has 1 aromatic heterocycles. The van der Waals surface area contributed by atoms with Crippen molar-refractivity contribution in [3.8, 4) is 11.5 Å². The van der Waals surface area contributed by atoms with E-state index < -0.39 is 0 Å². The third-order valence-electron chi connectivity index (χ3n) is 4.05. The summed E-state index contributed by atoms with van der Waals surface area (Å²) >= 11 is 0. The van der Waals surface area contributed by atoms with Gasteiger partial charge in [0.05, 0.1) is 12.3 Å². The maximum absolute atomic E-state index is 12.5. The lowest BCUT2D eigenvalue weighted by atomic mass is 10.2. The molecule has 0 radical (unpaired) electrons.